The predicted molar refractivity (Wildman–Crippen MR) is 79.2 cm³/mol. The Morgan fingerprint density at radius 1 is 1.20 bits per heavy atom. The van der Waals surface area contributed by atoms with Gasteiger partial charge in [0.05, 0.1) is 5.69 Å². The van der Waals surface area contributed by atoms with Crippen LogP contribution in [0, 0.1) is 0 Å². The molecule has 104 valence electrons. The van der Waals surface area contributed by atoms with Crippen molar-refractivity contribution in [3.63, 3.8) is 0 Å². The summed E-state index contributed by atoms with van der Waals surface area (Å²) < 4.78 is 0. The highest BCUT2D eigenvalue weighted by molar-refractivity contribution is 5.37. The molecule has 0 amide bonds. The van der Waals surface area contributed by atoms with Crippen LogP contribution in [0.25, 0.3) is 0 Å². The molecular formula is C17H20N2O. The quantitative estimate of drug-likeness (QED) is 0.924. The van der Waals surface area contributed by atoms with Gasteiger partial charge in [-0.15, -0.1) is 0 Å². The zero-order chi connectivity index (χ0) is 14.0. The van der Waals surface area contributed by atoms with Crippen LogP contribution >= 0.6 is 0 Å². The largest absolute Gasteiger partial charge is 0.384 e. The lowest BCUT2D eigenvalue weighted by Gasteiger charge is -2.29. The number of rotatable bonds is 4. The Hall–Kier alpha value is -1.71. The second-order valence-electron chi connectivity index (χ2n) is 5.68. The Bertz CT molecular complexity index is 585. The van der Waals surface area contributed by atoms with Crippen LogP contribution < -0.4 is 0 Å². The van der Waals surface area contributed by atoms with E-state index in [1.165, 1.54) is 5.56 Å². The summed E-state index contributed by atoms with van der Waals surface area (Å²) in [5.74, 6) is 0. The molecule has 20 heavy (non-hydrogen) atoms. The van der Waals surface area contributed by atoms with Crippen molar-refractivity contribution in [1.29, 1.82) is 0 Å². The van der Waals surface area contributed by atoms with Gasteiger partial charge in [-0.3, -0.25) is 9.88 Å². The van der Waals surface area contributed by atoms with E-state index in [0.29, 0.717) is 6.54 Å². The molecule has 0 bridgehead atoms. The van der Waals surface area contributed by atoms with Crippen molar-refractivity contribution in [2.75, 3.05) is 13.6 Å². The number of aromatic nitrogens is 1. The van der Waals surface area contributed by atoms with E-state index < -0.39 is 5.60 Å². The molecule has 1 aromatic heterocycles. The average molecular weight is 268 g/mol. The van der Waals surface area contributed by atoms with E-state index in [4.69, 9.17) is 0 Å². The smallest absolute Gasteiger partial charge is 0.103 e. The number of hydrogen-bond donors (Lipinski definition) is 1. The predicted octanol–water partition coefficient (Wildman–Crippen LogP) is 2.35. The van der Waals surface area contributed by atoms with Crippen LogP contribution in [0.15, 0.2) is 48.7 Å². The summed E-state index contributed by atoms with van der Waals surface area (Å²) >= 11 is 0. The summed E-state index contributed by atoms with van der Waals surface area (Å²) in [6.07, 6.45) is 3.58. The van der Waals surface area contributed by atoms with Gasteiger partial charge >= 0.3 is 0 Å². The van der Waals surface area contributed by atoms with E-state index in [-0.39, 0.29) is 0 Å². The maximum Gasteiger partial charge on any atom is 0.103 e. The third-order valence-electron chi connectivity index (χ3n) is 4.02. The van der Waals surface area contributed by atoms with Gasteiger partial charge < -0.3 is 5.11 Å². The molecule has 0 aliphatic heterocycles. The van der Waals surface area contributed by atoms with E-state index in [0.717, 1.165) is 30.6 Å². The molecular weight excluding hydrogens is 248 g/mol. The Labute approximate surface area is 119 Å². The van der Waals surface area contributed by atoms with Gasteiger partial charge in [-0.25, -0.2) is 0 Å². The molecule has 3 rings (SSSR count). The van der Waals surface area contributed by atoms with Crippen LogP contribution in [-0.2, 0) is 18.6 Å². The average Bonchev–Trinajstić information content (AvgIpc) is 2.78. The fourth-order valence-electron chi connectivity index (χ4n) is 3.10. The molecule has 1 aliphatic carbocycles. The van der Waals surface area contributed by atoms with Crippen molar-refractivity contribution < 1.29 is 5.11 Å². The Kier molecular flexibility index (Phi) is 3.55. The minimum Gasteiger partial charge on any atom is -0.384 e. The van der Waals surface area contributed by atoms with Gasteiger partial charge in [0.1, 0.15) is 5.60 Å². The molecule has 0 saturated carbocycles. The van der Waals surface area contributed by atoms with Crippen LogP contribution in [0.5, 0.6) is 0 Å². The third-order valence-corrected chi connectivity index (χ3v) is 4.02. The molecule has 1 atom stereocenters. The zero-order valence-corrected chi connectivity index (χ0v) is 11.8. The second kappa shape index (κ2) is 5.35. The minimum atomic E-state index is -0.722. The fraction of sp³-hybridized carbons (Fsp3) is 0.353. The third kappa shape index (κ3) is 2.60. The zero-order valence-electron chi connectivity index (χ0n) is 11.8. The highest BCUT2D eigenvalue weighted by atomic mass is 16.3. The first-order valence-electron chi connectivity index (χ1n) is 7.07. The Morgan fingerprint density at radius 3 is 2.80 bits per heavy atom. The summed E-state index contributed by atoms with van der Waals surface area (Å²) in [5.41, 5.74) is 2.68. The molecule has 0 radical (unpaired) electrons. The van der Waals surface area contributed by atoms with Crippen LogP contribution in [0.4, 0.5) is 0 Å². The first-order valence-corrected chi connectivity index (χ1v) is 7.07. The standard InChI is InChI=1S/C17H20N2O/c1-19(12-15-7-4-5-11-18-15)13-17(20)10-9-14-6-2-3-8-16(14)17/h2-8,11,20H,9-10,12-13H2,1H3/t17-/m1/s1. The molecule has 0 unspecified atom stereocenters. The number of likely N-dealkylation sites (N-methyl/N-ethyl adjacent to an activating group) is 1. The highest BCUT2D eigenvalue weighted by Gasteiger charge is 2.37. The van der Waals surface area contributed by atoms with Crippen molar-refractivity contribution in [3.05, 3.63) is 65.5 Å². The molecule has 1 heterocycles. The monoisotopic (exact) mass is 268 g/mol. The topological polar surface area (TPSA) is 36.4 Å². The van der Waals surface area contributed by atoms with Gasteiger partial charge in [-0.1, -0.05) is 30.3 Å². The number of hydrogen-bond acceptors (Lipinski definition) is 3. The first-order chi connectivity index (χ1) is 9.67. The van der Waals surface area contributed by atoms with Crippen molar-refractivity contribution in [3.8, 4) is 0 Å². The summed E-state index contributed by atoms with van der Waals surface area (Å²) in [5, 5.41) is 10.9. The number of aryl methyl sites for hydroxylation is 1. The van der Waals surface area contributed by atoms with Crippen LogP contribution in [0.1, 0.15) is 23.2 Å². The van der Waals surface area contributed by atoms with Crippen LogP contribution in [0.2, 0.25) is 0 Å². The molecule has 1 N–H and O–H groups in total. The first kappa shape index (κ1) is 13.3. The number of aliphatic hydroxyl groups is 1. The van der Waals surface area contributed by atoms with E-state index in [1.807, 2.05) is 43.6 Å². The molecule has 0 spiro atoms. The normalized spacial score (nSPS) is 21.1. The lowest BCUT2D eigenvalue weighted by Crippen LogP contribution is -2.37. The number of nitrogens with zero attached hydrogens (tertiary/aromatic N) is 2. The summed E-state index contributed by atoms with van der Waals surface area (Å²) in [7, 11) is 2.04. The van der Waals surface area contributed by atoms with Gasteiger partial charge in [-0.05, 0) is 43.1 Å². The number of pyridine rings is 1. The molecule has 2 aromatic rings. The molecule has 3 heteroatoms. The van der Waals surface area contributed by atoms with Crippen molar-refractivity contribution in [1.82, 2.24) is 9.88 Å². The maximum absolute atomic E-state index is 10.9. The molecule has 0 saturated heterocycles. The summed E-state index contributed by atoms with van der Waals surface area (Å²) in [4.78, 5) is 6.48. The highest BCUT2D eigenvalue weighted by Crippen LogP contribution is 2.37. The Balaban J connectivity index is 1.72. The van der Waals surface area contributed by atoms with Gasteiger partial charge in [0.15, 0.2) is 0 Å². The summed E-state index contributed by atoms with van der Waals surface area (Å²) in [6.45, 7) is 1.39. The minimum absolute atomic E-state index is 0.639. The van der Waals surface area contributed by atoms with Crippen LogP contribution in [-0.4, -0.2) is 28.6 Å². The molecule has 0 fully saturated rings. The van der Waals surface area contributed by atoms with Crippen molar-refractivity contribution in [2.24, 2.45) is 0 Å². The van der Waals surface area contributed by atoms with Gasteiger partial charge in [0.25, 0.3) is 0 Å². The molecule has 1 aliphatic rings. The SMILES string of the molecule is CN(Cc1ccccn1)C[C@]1(O)CCc2ccccc21. The van der Waals surface area contributed by atoms with Crippen LogP contribution in [0.3, 0.4) is 0 Å². The van der Waals surface area contributed by atoms with E-state index in [1.54, 1.807) is 0 Å². The van der Waals surface area contributed by atoms with E-state index in [2.05, 4.69) is 22.0 Å². The van der Waals surface area contributed by atoms with Crippen molar-refractivity contribution in [2.45, 2.75) is 25.0 Å². The molecule has 1 aromatic carbocycles. The van der Waals surface area contributed by atoms with Gasteiger partial charge in [0, 0.05) is 19.3 Å². The summed E-state index contributed by atoms with van der Waals surface area (Å²) in [6, 6.07) is 14.2. The van der Waals surface area contributed by atoms with Gasteiger partial charge in [0.2, 0.25) is 0 Å². The maximum atomic E-state index is 10.9. The van der Waals surface area contributed by atoms with Crippen molar-refractivity contribution >= 4 is 0 Å². The fourth-order valence-corrected chi connectivity index (χ4v) is 3.10. The van der Waals surface area contributed by atoms with E-state index >= 15 is 0 Å². The molecule has 3 nitrogen and oxygen atoms in total. The van der Waals surface area contributed by atoms with E-state index in [9.17, 15) is 5.11 Å². The van der Waals surface area contributed by atoms with Gasteiger partial charge in [-0.2, -0.15) is 0 Å². The Morgan fingerprint density at radius 2 is 2.00 bits per heavy atom. The second-order valence-corrected chi connectivity index (χ2v) is 5.68. The lowest BCUT2D eigenvalue weighted by molar-refractivity contribution is 0.00523. The number of benzene rings is 1. The lowest BCUT2D eigenvalue weighted by atomic mass is 9.95. The number of fused-ring (bicyclic) bond motifs is 1.